The summed E-state index contributed by atoms with van der Waals surface area (Å²) in [5, 5.41) is 0. The van der Waals surface area contributed by atoms with Crippen molar-refractivity contribution < 1.29 is 23.5 Å². The van der Waals surface area contributed by atoms with Gasteiger partial charge in [0.05, 0.1) is 12.7 Å². The van der Waals surface area contributed by atoms with Gasteiger partial charge in [-0.25, -0.2) is 0 Å². The minimum Gasteiger partial charge on any atom is -0.497 e. The molecule has 0 bridgehead atoms. The first kappa shape index (κ1) is 22.7. The van der Waals surface area contributed by atoms with Crippen LogP contribution in [0.3, 0.4) is 0 Å². The Labute approximate surface area is 197 Å². The average molecular weight is 460 g/mol. The Hall–Kier alpha value is -4.46. The minimum atomic E-state index is -0.569. The fraction of sp³-hybridized carbons (Fsp3) is 0.154. The molecule has 34 heavy (non-hydrogen) atoms. The number of para-hydroxylation sites is 1. The zero-order valence-electron chi connectivity index (χ0n) is 19.1. The molecule has 0 saturated heterocycles. The van der Waals surface area contributed by atoms with Gasteiger partial charge in [0.25, 0.3) is 5.91 Å². The van der Waals surface area contributed by atoms with Gasteiger partial charge in [-0.3, -0.25) is 20.4 Å². The molecule has 2 aromatic heterocycles. The maximum atomic E-state index is 12.8. The maximum Gasteiger partial charge on any atom is 0.305 e. The van der Waals surface area contributed by atoms with E-state index in [0.29, 0.717) is 17.1 Å². The van der Waals surface area contributed by atoms with Gasteiger partial charge in [0.2, 0.25) is 0 Å². The highest BCUT2D eigenvalue weighted by molar-refractivity contribution is 5.99. The molecule has 0 fully saturated rings. The van der Waals surface area contributed by atoms with Gasteiger partial charge >= 0.3 is 5.91 Å². The minimum absolute atomic E-state index is 0.0637. The summed E-state index contributed by atoms with van der Waals surface area (Å²) in [6, 6.07) is 21.8. The van der Waals surface area contributed by atoms with E-state index in [9.17, 15) is 9.59 Å². The van der Waals surface area contributed by atoms with E-state index in [1.54, 1.807) is 19.2 Å². The van der Waals surface area contributed by atoms with Gasteiger partial charge in [0.1, 0.15) is 23.9 Å². The lowest BCUT2D eigenvalue weighted by atomic mass is 10.2. The molecule has 2 heterocycles. The second-order valence-corrected chi connectivity index (χ2v) is 7.60. The number of hydrogen-bond acceptors (Lipinski definition) is 5. The van der Waals surface area contributed by atoms with Crippen LogP contribution in [0, 0.1) is 13.8 Å². The Morgan fingerprint density at radius 3 is 2.38 bits per heavy atom. The number of methoxy groups -OCH3 is 1. The van der Waals surface area contributed by atoms with E-state index >= 15 is 0 Å². The number of carbonyl (C=O) groups is 2. The molecule has 2 N–H and O–H groups in total. The molecule has 4 rings (SSSR count). The van der Waals surface area contributed by atoms with Gasteiger partial charge in [-0.1, -0.05) is 24.3 Å². The monoisotopic (exact) mass is 459 g/mol. The van der Waals surface area contributed by atoms with Gasteiger partial charge in [0, 0.05) is 23.1 Å². The number of rotatable bonds is 7. The van der Waals surface area contributed by atoms with Crippen molar-refractivity contribution in [2.45, 2.75) is 20.5 Å². The summed E-state index contributed by atoms with van der Waals surface area (Å²) in [5.74, 6) is 0.964. The summed E-state index contributed by atoms with van der Waals surface area (Å²) in [6.45, 7) is 3.93. The van der Waals surface area contributed by atoms with E-state index in [2.05, 4.69) is 10.9 Å². The highest BCUT2D eigenvalue weighted by Gasteiger charge is 2.19. The molecule has 0 spiro atoms. The largest absolute Gasteiger partial charge is 0.497 e. The van der Waals surface area contributed by atoms with Crippen molar-refractivity contribution in [1.82, 2.24) is 15.4 Å². The third-order valence-corrected chi connectivity index (χ3v) is 5.29. The Bertz CT molecular complexity index is 1310. The van der Waals surface area contributed by atoms with Gasteiger partial charge in [-0.2, -0.15) is 0 Å². The molecule has 8 heteroatoms. The molecule has 8 nitrogen and oxygen atoms in total. The van der Waals surface area contributed by atoms with Gasteiger partial charge in [0.15, 0.2) is 5.76 Å². The van der Waals surface area contributed by atoms with Crippen LogP contribution >= 0.6 is 0 Å². The lowest BCUT2D eigenvalue weighted by molar-refractivity contribution is 0.0828. The Morgan fingerprint density at radius 1 is 0.882 bits per heavy atom. The number of carbonyl (C=O) groups excluding carboxylic acids is 2. The van der Waals surface area contributed by atoms with Gasteiger partial charge < -0.3 is 18.5 Å². The first-order valence-electron chi connectivity index (χ1n) is 10.7. The van der Waals surface area contributed by atoms with E-state index in [1.807, 2.05) is 73.0 Å². The quantitative estimate of drug-likeness (QED) is 0.401. The number of furan rings is 1. The van der Waals surface area contributed by atoms with Crippen LogP contribution in [0.4, 0.5) is 0 Å². The standard InChI is InChI=1S/C26H25N3O5/c1-17-14-23(18(2)29(17)19-8-7-11-21(15-19)32-3)25(30)27-28-26(31)24-13-12-22(34-24)16-33-20-9-5-4-6-10-20/h4-15H,16H2,1-3H3,(H,27,30)(H,28,31). The van der Waals surface area contributed by atoms with Crippen molar-refractivity contribution in [2.75, 3.05) is 7.11 Å². The summed E-state index contributed by atoms with van der Waals surface area (Å²) in [4.78, 5) is 25.2. The number of hydrogen-bond donors (Lipinski definition) is 2. The van der Waals surface area contributed by atoms with Crippen molar-refractivity contribution in [3.63, 3.8) is 0 Å². The first-order chi connectivity index (χ1) is 16.5. The number of nitrogens with one attached hydrogen (secondary N) is 2. The van der Waals surface area contributed by atoms with Crippen LogP contribution in [0.15, 0.2) is 77.2 Å². The molecular weight excluding hydrogens is 434 g/mol. The molecule has 0 atom stereocenters. The predicted octanol–water partition coefficient (Wildman–Crippen LogP) is 4.35. The molecule has 174 valence electrons. The zero-order chi connectivity index (χ0) is 24.1. The predicted molar refractivity (Wildman–Crippen MR) is 126 cm³/mol. The SMILES string of the molecule is COc1cccc(-n2c(C)cc(C(=O)NNC(=O)c3ccc(COc4ccccc4)o3)c2C)c1. The molecule has 0 aliphatic heterocycles. The van der Waals surface area contributed by atoms with Crippen LogP contribution in [0.5, 0.6) is 11.5 Å². The maximum absolute atomic E-state index is 12.8. The van der Waals surface area contributed by atoms with E-state index in [1.165, 1.54) is 6.07 Å². The topological polar surface area (TPSA) is 94.7 Å². The number of ether oxygens (including phenoxy) is 2. The summed E-state index contributed by atoms with van der Waals surface area (Å²) in [6.07, 6.45) is 0. The molecule has 0 radical (unpaired) electrons. The lowest BCUT2D eigenvalue weighted by Gasteiger charge is -2.11. The van der Waals surface area contributed by atoms with Crippen LogP contribution < -0.4 is 20.3 Å². The Morgan fingerprint density at radius 2 is 1.62 bits per heavy atom. The highest BCUT2D eigenvalue weighted by atomic mass is 16.5. The zero-order valence-corrected chi connectivity index (χ0v) is 19.1. The summed E-state index contributed by atoms with van der Waals surface area (Å²) >= 11 is 0. The van der Waals surface area contributed by atoms with E-state index in [-0.39, 0.29) is 12.4 Å². The second kappa shape index (κ2) is 9.99. The van der Waals surface area contributed by atoms with Crippen molar-refractivity contribution in [1.29, 1.82) is 0 Å². The number of nitrogens with zero attached hydrogens (tertiary/aromatic N) is 1. The molecule has 0 aliphatic carbocycles. The van der Waals surface area contributed by atoms with Crippen LogP contribution in [0.1, 0.15) is 38.1 Å². The van der Waals surface area contributed by atoms with Crippen molar-refractivity contribution >= 4 is 11.8 Å². The molecule has 0 aliphatic rings. The summed E-state index contributed by atoms with van der Waals surface area (Å²) in [7, 11) is 1.61. The highest BCUT2D eigenvalue weighted by Crippen LogP contribution is 2.23. The van der Waals surface area contributed by atoms with Gasteiger partial charge in [-0.05, 0) is 56.3 Å². The van der Waals surface area contributed by atoms with E-state index in [0.717, 1.165) is 22.8 Å². The second-order valence-electron chi connectivity index (χ2n) is 7.60. The Kier molecular flexibility index (Phi) is 6.68. The van der Waals surface area contributed by atoms with Crippen molar-refractivity contribution in [2.24, 2.45) is 0 Å². The molecule has 4 aromatic rings. The van der Waals surface area contributed by atoms with E-state index in [4.69, 9.17) is 13.9 Å². The normalized spacial score (nSPS) is 10.6. The third kappa shape index (κ3) is 4.96. The summed E-state index contributed by atoms with van der Waals surface area (Å²) in [5.41, 5.74) is 7.77. The van der Waals surface area contributed by atoms with Crippen LogP contribution in [0.25, 0.3) is 5.69 Å². The van der Waals surface area contributed by atoms with Crippen LogP contribution in [-0.4, -0.2) is 23.5 Å². The third-order valence-electron chi connectivity index (χ3n) is 5.29. The first-order valence-corrected chi connectivity index (χ1v) is 10.7. The Balaban J connectivity index is 1.38. The molecule has 2 aromatic carbocycles. The van der Waals surface area contributed by atoms with Crippen LogP contribution in [0.2, 0.25) is 0 Å². The van der Waals surface area contributed by atoms with Crippen LogP contribution in [-0.2, 0) is 6.61 Å². The molecule has 0 unspecified atom stereocenters. The van der Waals surface area contributed by atoms with Gasteiger partial charge in [-0.15, -0.1) is 0 Å². The number of amides is 2. The fourth-order valence-corrected chi connectivity index (χ4v) is 3.63. The average Bonchev–Trinajstić information content (AvgIpc) is 3.45. The number of benzene rings is 2. The number of hydrazine groups is 1. The molecule has 2 amide bonds. The molecular formula is C26H25N3O5. The summed E-state index contributed by atoms with van der Waals surface area (Å²) < 4.78 is 18.4. The van der Waals surface area contributed by atoms with Crippen molar-refractivity contribution in [3.05, 3.63) is 101 Å². The van der Waals surface area contributed by atoms with E-state index < -0.39 is 11.8 Å². The number of aromatic nitrogens is 1. The fourth-order valence-electron chi connectivity index (χ4n) is 3.63. The molecule has 0 saturated carbocycles. The smallest absolute Gasteiger partial charge is 0.305 e. The number of aryl methyl sites for hydroxylation is 1. The lowest BCUT2D eigenvalue weighted by Crippen LogP contribution is -2.41. The van der Waals surface area contributed by atoms with Crippen molar-refractivity contribution in [3.8, 4) is 17.2 Å².